The van der Waals surface area contributed by atoms with E-state index in [-0.39, 0.29) is 0 Å². The highest BCUT2D eigenvalue weighted by molar-refractivity contribution is 5.30. The molecule has 1 aromatic rings. The number of aromatic nitrogens is 2. The van der Waals surface area contributed by atoms with Gasteiger partial charge in [0.2, 0.25) is 0 Å². The largest absolute Gasteiger partial charge is 0.384 e. The first-order chi connectivity index (χ1) is 8.20. The van der Waals surface area contributed by atoms with Gasteiger partial charge < -0.3 is 10.6 Å². The van der Waals surface area contributed by atoms with E-state index in [1.807, 2.05) is 17.7 Å². The fourth-order valence-electron chi connectivity index (χ4n) is 2.75. The molecular formula is C13H24N4. The zero-order valence-corrected chi connectivity index (χ0v) is 11.0. The van der Waals surface area contributed by atoms with Crippen LogP contribution < -0.4 is 5.73 Å². The van der Waals surface area contributed by atoms with E-state index in [0.29, 0.717) is 6.04 Å². The van der Waals surface area contributed by atoms with Crippen LogP contribution in [-0.2, 0) is 0 Å². The lowest BCUT2D eigenvalue weighted by Gasteiger charge is -2.19. The molecule has 0 amide bonds. The Morgan fingerprint density at radius 3 is 2.88 bits per heavy atom. The van der Waals surface area contributed by atoms with E-state index in [1.54, 1.807) is 0 Å². The Bertz CT molecular complexity index is 358. The van der Waals surface area contributed by atoms with Crippen LogP contribution in [0.3, 0.4) is 0 Å². The molecule has 96 valence electrons. The number of aryl methyl sites for hydroxylation is 1. The maximum absolute atomic E-state index is 6.00. The minimum absolute atomic E-state index is 0.491. The zero-order valence-electron chi connectivity index (χ0n) is 11.0. The van der Waals surface area contributed by atoms with Crippen LogP contribution in [0, 0.1) is 6.92 Å². The van der Waals surface area contributed by atoms with Crippen LogP contribution in [-0.4, -0.2) is 34.3 Å². The van der Waals surface area contributed by atoms with Gasteiger partial charge in [-0.15, -0.1) is 0 Å². The normalized spacial score (nSPS) is 22.6. The molecular weight excluding hydrogens is 212 g/mol. The molecule has 4 heteroatoms. The van der Waals surface area contributed by atoms with Crippen LogP contribution in [0.15, 0.2) is 6.07 Å². The molecule has 17 heavy (non-hydrogen) atoms. The molecule has 1 saturated heterocycles. The molecule has 0 spiro atoms. The van der Waals surface area contributed by atoms with Gasteiger partial charge in [0.1, 0.15) is 5.82 Å². The number of nitrogens with zero attached hydrogens (tertiary/aromatic N) is 3. The van der Waals surface area contributed by atoms with Gasteiger partial charge in [-0.1, -0.05) is 6.92 Å². The number of rotatable bonds is 3. The number of hydrogen-bond acceptors (Lipinski definition) is 3. The van der Waals surface area contributed by atoms with Crippen LogP contribution in [0.4, 0.5) is 5.82 Å². The maximum Gasteiger partial charge on any atom is 0.122 e. The van der Waals surface area contributed by atoms with Crippen molar-refractivity contribution in [1.82, 2.24) is 14.7 Å². The zero-order chi connectivity index (χ0) is 12.3. The molecule has 2 N–H and O–H groups in total. The highest BCUT2D eigenvalue weighted by Gasteiger charge is 2.20. The number of anilines is 1. The lowest BCUT2D eigenvalue weighted by Crippen LogP contribution is -2.25. The van der Waals surface area contributed by atoms with E-state index in [9.17, 15) is 0 Å². The van der Waals surface area contributed by atoms with E-state index < -0.39 is 0 Å². The summed E-state index contributed by atoms with van der Waals surface area (Å²) in [7, 11) is 0. The average Bonchev–Trinajstić information content (AvgIpc) is 2.52. The topological polar surface area (TPSA) is 47.1 Å². The first kappa shape index (κ1) is 12.4. The molecule has 4 nitrogen and oxygen atoms in total. The van der Waals surface area contributed by atoms with Crippen molar-refractivity contribution in [3.63, 3.8) is 0 Å². The van der Waals surface area contributed by atoms with Crippen molar-refractivity contribution in [2.75, 3.05) is 25.4 Å². The summed E-state index contributed by atoms with van der Waals surface area (Å²) in [5.41, 5.74) is 7.03. The van der Waals surface area contributed by atoms with Crippen molar-refractivity contribution in [3.05, 3.63) is 11.8 Å². The van der Waals surface area contributed by atoms with Crippen LogP contribution in [0.25, 0.3) is 0 Å². The molecule has 1 atom stereocenters. The smallest absolute Gasteiger partial charge is 0.122 e. The first-order valence-electron chi connectivity index (χ1n) is 6.74. The van der Waals surface area contributed by atoms with E-state index in [2.05, 4.69) is 16.9 Å². The molecule has 2 rings (SSSR count). The summed E-state index contributed by atoms with van der Waals surface area (Å²) in [6, 6.07) is 2.46. The fraction of sp³-hybridized carbons (Fsp3) is 0.769. The Morgan fingerprint density at radius 1 is 1.41 bits per heavy atom. The van der Waals surface area contributed by atoms with E-state index in [0.717, 1.165) is 11.5 Å². The third-order valence-electron chi connectivity index (χ3n) is 3.56. The minimum Gasteiger partial charge on any atom is -0.384 e. The summed E-state index contributed by atoms with van der Waals surface area (Å²) >= 11 is 0. The second-order valence-corrected chi connectivity index (χ2v) is 5.08. The molecule has 0 bridgehead atoms. The van der Waals surface area contributed by atoms with E-state index >= 15 is 0 Å². The Kier molecular flexibility index (Phi) is 4.05. The van der Waals surface area contributed by atoms with Crippen molar-refractivity contribution < 1.29 is 0 Å². The predicted octanol–water partition coefficient (Wildman–Crippen LogP) is 2.21. The molecule has 0 aliphatic carbocycles. The van der Waals surface area contributed by atoms with Gasteiger partial charge in [-0.25, -0.2) is 4.68 Å². The average molecular weight is 236 g/mol. The predicted molar refractivity (Wildman–Crippen MR) is 71.0 cm³/mol. The minimum atomic E-state index is 0.491. The summed E-state index contributed by atoms with van der Waals surface area (Å²) in [5, 5.41) is 4.52. The summed E-state index contributed by atoms with van der Waals surface area (Å²) in [6.07, 6.45) is 4.87. The van der Waals surface area contributed by atoms with Gasteiger partial charge >= 0.3 is 0 Å². The molecule has 1 unspecified atom stereocenters. The molecule has 1 fully saturated rings. The lowest BCUT2D eigenvalue weighted by atomic mass is 10.1. The van der Waals surface area contributed by atoms with Gasteiger partial charge in [0, 0.05) is 12.6 Å². The van der Waals surface area contributed by atoms with Gasteiger partial charge in [-0.3, -0.25) is 0 Å². The van der Waals surface area contributed by atoms with Crippen LogP contribution in [0.2, 0.25) is 0 Å². The monoisotopic (exact) mass is 236 g/mol. The number of likely N-dealkylation sites (tertiary alicyclic amines) is 1. The van der Waals surface area contributed by atoms with Gasteiger partial charge in [-0.2, -0.15) is 5.10 Å². The number of nitrogen functional groups attached to an aromatic ring is 1. The summed E-state index contributed by atoms with van der Waals surface area (Å²) in [5.74, 6) is 0.816. The quantitative estimate of drug-likeness (QED) is 0.875. The van der Waals surface area contributed by atoms with Gasteiger partial charge in [0.25, 0.3) is 0 Å². The van der Waals surface area contributed by atoms with Crippen molar-refractivity contribution in [1.29, 1.82) is 0 Å². The SMILES string of the molecule is CCCN1CCCC(n2nc(C)cc2N)CC1. The second-order valence-electron chi connectivity index (χ2n) is 5.08. The second kappa shape index (κ2) is 5.54. The molecule has 2 heterocycles. The van der Waals surface area contributed by atoms with Crippen LogP contribution in [0.5, 0.6) is 0 Å². The molecule has 1 aromatic heterocycles. The standard InChI is InChI=1S/C13H24N4/c1-3-7-16-8-4-5-12(6-9-16)17-13(14)10-11(2)15-17/h10,12H,3-9,14H2,1-2H3. The molecule has 1 aliphatic heterocycles. The van der Waals surface area contributed by atoms with Crippen molar-refractivity contribution in [2.24, 2.45) is 0 Å². The summed E-state index contributed by atoms with van der Waals surface area (Å²) < 4.78 is 2.03. The molecule has 0 aromatic carbocycles. The number of hydrogen-bond donors (Lipinski definition) is 1. The maximum atomic E-state index is 6.00. The Labute approximate surface area is 104 Å². The van der Waals surface area contributed by atoms with Crippen molar-refractivity contribution >= 4 is 5.82 Å². The van der Waals surface area contributed by atoms with Crippen LogP contribution in [0.1, 0.15) is 44.3 Å². The number of nitrogens with two attached hydrogens (primary N) is 1. The third-order valence-corrected chi connectivity index (χ3v) is 3.56. The molecule has 0 radical (unpaired) electrons. The summed E-state index contributed by atoms with van der Waals surface area (Å²) in [6.45, 7) is 7.88. The van der Waals surface area contributed by atoms with Crippen molar-refractivity contribution in [3.8, 4) is 0 Å². The van der Waals surface area contributed by atoms with E-state index in [1.165, 1.54) is 45.3 Å². The Morgan fingerprint density at radius 2 is 2.24 bits per heavy atom. The fourth-order valence-corrected chi connectivity index (χ4v) is 2.75. The highest BCUT2D eigenvalue weighted by Crippen LogP contribution is 2.25. The molecule has 1 aliphatic rings. The van der Waals surface area contributed by atoms with Gasteiger partial charge in [0.15, 0.2) is 0 Å². The molecule has 0 saturated carbocycles. The summed E-state index contributed by atoms with van der Waals surface area (Å²) in [4.78, 5) is 2.56. The Hall–Kier alpha value is -1.03. The van der Waals surface area contributed by atoms with Gasteiger partial charge in [-0.05, 0) is 45.7 Å². The Balaban J connectivity index is 2.01. The lowest BCUT2D eigenvalue weighted by molar-refractivity contribution is 0.280. The van der Waals surface area contributed by atoms with Crippen molar-refractivity contribution in [2.45, 2.75) is 45.6 Å². The van der Waals surface area contributed by atoms with Gasteiger partial charge in [0.05, 0.1) is 11.7 Å². The highest BCUT2D eigenvalue weighted by atomic mass is 15.3. The third kappa shape index (κ3) is 3.00. The van der Waals surface area contributed by atoms with Crippen LogP contribution >= 0.6 is 0 Å². The first-order valence-corrected chi connectivity index (χ1v) is 6.74. The van der Waals surface area contributed by atoms with E-state index in [4.69, 9.17) is 5.73 Å².